The van der Waals surface area contributed by atoms with Crippen molar-refractivity contribution in [2.75, 3.05) is 0 Å². The molecule has 8 heteroatoms. The Kier molecular flexibility index (Phi) is 5.04. The molecule has 26 heavy (non-hydrogen) atoms. The van der Waals surface area contributed by atoms with Gasteiger partial charge < -0.3 is 9.55 Å². The summed E-state index contributed by atoms with van der Waals surface area (Å²) < 4.78 is 2.34. The van der Waals surface area contributed by atoms with Crippen LogP contribution in [-0.4, -0.2) is 21.4 Å². The standard InChI is InChI=1S/C18H15BrN4O3/c1-23-10-12(19)9-15(23)18(26)22-21-17(25)13-7-8-14(20-16(13)24)11-5-3-2-4-6-11/h2-10H,1H3,(H,20,24)(H,21,25)(H,22,26). The highest BCUT2D eigenvalue weighted by molar-refractivity contribution is 9.10. The molecule has 7 nitrogen and oxygen atoms in total. The van der Waals surface area contributed by atoms with Crippen LogP contribution in [0, 0.1) is 0 Å². The van der Waals surface area contributed by atoms with Crippen molar-refractivity contribution in [3.63, 3.8) is 0 Å². The molecule has 0 atom stereocenters. The maximum Gasteiger partial charge on any atom is 0.286 e. The number of hydrazine groups is 1. The Morgan fingerprint density at radius 3 is 2.35 bits per heavy atom. The molecule has 0 saturated carbocycles. The zero-order valence-corrected chi connectivity index (χ0v) is 15.3. The van der Waals surface area contributed by atoms with Gasteiger partial charge in [0.15, 0.2) is 0 Å². The van der Waals surface area contributed by atoms with Crippen LogP contribution in [-0.2, 0) is 7.05 Å². The quantitative estimate of drug-likeness (QED) is 0.573. The molecule has 3 aromatic rings. The third kappa shape index (κ3) is 3.75. The summed E-state index contributed by atoms with van der Waals surface area (Å²) in [6, 6.07) is 14.0. The average molecular weight is 415 g/mol. The Labute approximate surface area is 157 Å². The molecular formula is C18H15BrN4O3. The lowest BCUT2D eigenvalue weighted by molar-refractivity contribution is 0.0841. The van der Waals surface area contributed by atoms with Gasteiger partial charge in [-0.2, -0.15) is 0 Å². The lowest BCUT2D eigenvalue weighted by Crippen LogP contribution is -2.43. The Hall–Kier alpha value is -3.13. The Bertz CT molecular complexity index is 1020. The number of aromatic amines is 1. The number of nitrogens with zero attached hydrogens (tertiary/aromatic N) is 1. The van der Waals surface area contributed by atoms with E-state index in [1.165, 1.54) is 6.07 Å². The van der Waals surface area contributed by atoms with Crippen LogP contribution in [0.1, 0.15) is 20.8 Å². The minimum Gasteiger partial charge on any atom is -0.345 e. The van der Waals surface area contributed by atoms with E-state index in [0.29, 0.717) is 11.4 Å². The number of H-pyrrole nitrogens is 1. The maximum atomic E-state index is 12.2. The van der Waals surface area contributed by atoms with Gasteiger partial charge in [-0.1, -0.05) is 30.3 Å². The first-order valence-corrected chi connectivity index (χ1v) is 8.46. The molecular weight excluding hydrogens is 400 g/mol. The minimum absolute atomic E-state index is 0.0990. The zero-order chi connectivity index (χ0) is 18.7. The van der Waals surface area contributed by atoms with E-state index in [1.54, 1.807) is 29.9 Å². The van der Waals surface area contributed by atoms with Crippen molar-refractivity contribution in [1.82, 2.24) is 20.4 Å². The highest BCUT2D eigenvalue weighted by atomic mass is 79.9. The lowest BCUT2D eigenvalue weighted by Gasteiger charge is -2.08. The van der Waals surface area contributed by atoms with Crippen LogP contribution in [0.15, 0.2) is 64.0 Å². The summed E-state index contributed by atoms with van der Waals surface area (Å²) in [6.45, 7) is 0. The SMILES string of the molecule is Cn1cc(Br)cc1C(=O)NNC(=O)c1ccc(-c2ccccc2)[nH]c1=O. The van der Waals surface area contributed by atoms with Crippen LogP contribution in [0.3, 0.4) is 0 Å². The summed E-state index contributed by atoms with van der Waals surface area (Å²) in [5, 5.41) is 0. The smallest absolute Gasteiger partial charge is 0.286 e. The second-order valence-electron chi connectivity index (χ2n) is 5.54. The van der Waals surface area contributed by atoms with Crippen molar-refractivity contribution < 1.29 is 9.59 Å². The summed E-state index contributed by atoms with van der Waals surface area (Å²) in [4.78, 5) is 39.1. The molecule has 132 valence electrons. The Morgan fingerprint density at radius 1 is 1.04 bits per heavy atom. The Morgan fingerprint density at radius 2 is 1.73 bits per heavy atom. The molecule has 2 heterocycles. The fraction of sp³-hybridized carbons (Fsp3) is 0.0556. The van der Waals surface area contributed by atoms with E-state index in [2.05, 4.69) is 31.8 Å². The number of hydrogen-bond donors (Lipinski definition) is 3. The number of pyridine rings is 1. The van der Waals surface area contributed by atoms with Gasteiger partial charge in [-0.15, -0.1) is 0 Å². The van der Waals surface area contributed by atoms with Gasteiger partial charge >= 0.3 is 0 Å². The molecule has 0 fully saturated rings. The largest absolute Gasteiger partial charge is 0.345 e. The number of carbonyl (C=O) groups excluding carboxylic acids is 2. The fourth-order valence-electron chi connectivity index (χ4n) is 2.43. The predicted molar refractivity (Wildman–Crippen MR) is 101 cm³/mol. The van der Waals surface area contributed by atoms with Crippen LogP contribution in [0.4, 0.5) is 0 Å². The van der Waals surface area contributed by atoms with Gasteiger partial charge in [0.1, 0.15) is 11.3 Å². The monoisotopic (exact) mass is 414 g/mol. The van der Waals surface area contributed by atoms with Crippen molar-refractivity contribution in [3.05, 3.63) is 80.8 Å². The van der Waals surface area contributed by atoms with E-state index in [0.717, 1.165) is 10.0 Å². The number of hydrogen-bond acceptors (Lipinski definition) is 3. The number of nitrogens with one attached hydrogen (secondary N) is 3. The van der Waals surface area contributed by atoms with Crippen LogP contribution in [0.2, 0.25) is 0 Å². The summed E-state index contributed by atoms with van der Waals surface area (Å²) in [5.74, 6) is -1.20. The Balaban J connectivity index is 1.71. The summed E-state index contributed by atoms with van der Waals surface area (Å²) in [5.41, 5.74) is 5.68. The summed E-state index contributed by atoms with van der Waals surface area (Å²) in [6.07, 6.45) is 1.71. The number of carbonyl (C=O) groups is 2. The van der Waals surface area contributed by atoms with E-state index >= 15 is 0 Å². The molecule has 3 rings (SSSR count). The van der Waals surface area contributed by atoms with Crippen molar-refractivity contribution >= 4 is 27.7 Å². The van der Waals surface area contributed by atoms with Gasteiger partial charge in [-0.3, -0.25) is 25.2 Å². The number of amides is 2. The van der Waals surface area contributed by atoms with Crippen molar-refractivity contribution in [2.24, 2.45) is 7.05 Å². The maximum absolute atomic E-state index is 12.2. The van der Waals surface area contributed by atoms with Gasteiger partial charge in [0.25, 0.3) is 17.4 Å². The third-order valence-electron chi connectivity index (χ3n) is 3.73. The molecule has 0 aliphatic carbocycles. The molecule has 3 N–H and O–H groups in total. The molecule has 0 aliphatic heterocycles. The van der Waals surface area contributed by atoms with E-state index in [1.807, 2.05) is 30.3 Å². The van der Waals surface area contributed by atoms with Gasteiger partial charge in [-0.25, -0.2) is 0 Å². The summed E-state index contributed by atoms with van der Waals surface area (Å²) in [7, 11) is 1.70. The topological polar surface area (TPSA) is 96.0 Å². The second-order valence-corrected chi connectivity index (χ2v) is 6.46. The van der Waals surface area contributed by atoms with E-state index < -0.39 is 17.4 Å². The van der Waals surface area contributed by atoms with E-state index in [9.17, 15) is 14.4 Å². The summed E-state index contributed by atoms with van der Waals surface area (Å²) >= 11 is 3.27. The van der Waals surface area contributed by atoms with Crippen molar-refractivity contribution in [2.45, 2.75) is 0 Å². The number of aryl methyl sites for hydroxylation is 1. The highest BCUT2D eigenvalue weighted by Crippen LogP contribution is 2.15. The van der Waals surface area contributed by atoms with Gasteiger partial charge in [0.2, 0.25) is 0 Å². The van der Waals surface area contributed by atoms with Crippen molar-refractivity contribution in [3.8, 4) is 11.3 Å². The second kappa shape index (κ2) is 7.40. The normalized spacial score (nSPS) is 10.4. The molecule has 2 amide bonds. The molecule has 0 bridgehead atoms. The zero-order valence-electron chi connectivity index (χ0n) is 13.7. The van der Waals surface area contributed by atoms with E-state index in [4.69, 9.17) is 0 Å². The van der Waals surface area contributed by atoms with Crippen molar-refractivity contribution in [1.29, 1.82) is 0 Å². The first-order valence-electron chi connectivity index (χ1n) is 7.67. The molecule has 0 spiro atoms. The minimum atomic E-state index is -0.701. The molecule has 2 aromatic heterocycles. The van der Waals surface area contributed by atoms with Gasteiger partial charge in [0.05, 0.1) is 0 Å². The van der Waals surface area contributed by atoms with Crippen LogP contribution < -0.4 is 16.4 Å². The molecule has 0 radical (unpaired) electrons. The lowest BCUT2D eigenvalue weighted by atomic mass is 10.1. The molecule has 0 unspecified atom stereocenters. The van der Waals surface area contributed by atoms with E-state index in [-0.39, 0.29) is 5.56 Å². The van der Waals surface area contributed by atoms with Gasteiger partial charge in [-0.05, 0) is 39.7 Å². The number of aromatic nitrogens is 2. The first-order chi connectivity index (χ1) is 12.5. The third-order valence-corrected chi connectivity index (χ3v) is 4.17. The van der Waals surface area contributed by atoms with Gasteiger partial charge in [0, 0.05) is 23.4 Å². The molecule has 0 saturated heterocycles. The average Bonchev–Trinajstić information content (AvgIpc) is 2.98. The number of halogens is 1. The first kappa shape index (κ1) is 17.7. The predicted octanol–water partition coefficient (Wildman–Crippen LogP) is 2.22. The van der Waals surface area contributed by atoms with Crippen LogP contribution in [0.25, 0.3) is 11.3 Å². The fourth-order valence-corrected chi connectivity index (χ4v) is 2.96. The molecule has 0 aliphatic rings. The number of benzene rings is 1. The van der Waals surface area contributed by atoms with Crippen LogP contribution >= 0.6 is 15.9 Å². The number of rotatable bonds is 3. The highest BCUT2D eigenvalue weighted by Gasteiger charge is 2.15. The molecule has 1 aromatic carbocycles. The van der Waals surface area contributed by atoms with Crippen LogP contribution in [0.5, 0.6) is 0 Å².